The summed E-state index contributed by atoms with van der Waals surface area (Å²) in [4.78, 5) is 11.1. The molecule has 3 heteroatoms. The molecule has 13 heavy (non-hydrogen) atoms. The van der Waals surface area contributed by atoms with E-state index in [4.69, 9.17) is 9.84 Å². The summed E-state index contributed by atoms with van der Waals surface area (Å²) < 4.78 is 4.98. The topological polar surface area (TPSA) is 46.5 Å². The Balaban J connectivity index is 3.58. The molecule has 0 saturated carbocycles. The van der Waals surface area contributed by atoms with Gasteiger partial charge in [-0.2, -0.15) is 0 Å². The van der Waals surface area contributed by atoms with Gasteiger partial charge in [0.25, 0.3) is 0 Å². The first-order chi connectivity index (χ1) is 5.93. The summed E-state index contributed by atoms with van der Waals surface area (Å²) in [6.07, 6.45) is 0.0267. The average Bonchev–Trinajstić information content (AvgIpc) is 1.98. The fraction of sp³-hybridized carbons (Fsp3) is 0.900. The third kappa shape index (κ3) is 6.58. The highest BCUT2D eigenvalue weighted by atomic mass is 16.5. The van der Waals surface area contributed by atoms with Crippen molar-refractivity contribution in [3.05, 3.63) is 0 Å². The maximum absolute atomic E-state index is 11.1. The monoisotopic (exact) mass is 188 g/mol. The van der Waals surface area contributed by atoms with Gasteiger partial charge in [-0.15, -0.1) is 0 Å². The van der Waals surface area contributed by atoms with Crippen LogP contribution >= 0.6 is 0 Å². The van der Waals surface area contributed by atoms with Crippen LogP contribution in [0.2, 0.25) is 0 Å². The standard InChI is InChI=1S/C10H20O3/c1-7(2)5-10(12)13-6-8(3)9(4)11/h7-9,11H,5-6H2,1-4H3. The van der Waals surface area contributed by atoms with Gasteiger partial charge >= 0.3 is 5.97 Å². The lowest BCUT2D eigenvalue weighted by Crippen LogP contribution is -2.21. The number of carbonyl (C=O) groups excluding carboxylic acids is 1. The highest BCUT2D eigenvalue weighted by Gasteiger charge is 2.12. The molecule has 0 spiro atoms. The molecule has 0 aromatic heterocycles. The van der Waals surface area contributed by atoms with Gasteiger partial charge in [0.05, 0.1) is 12.7 Å². The van der Waals surface area contributed by atoms with Gasteiger partial charge in [-0.05, 0) is 12.8 Å². The fourth-order valence-corrected chi connectivity index (χ4v) is 0.756. The predicted molar refractivity (Wildman–Crippen MR) is 51.3 cm³/mol. The molecule has 0 amide bonds. The van der Waals surface area contributed by atoms with E-state index in [9.17, 15) is 4.79 Å². The molecule has 2 atom stereocenters. The highest BCUT2D eigenvalue weighted by molar-refractivity contribution is 5.69. The first kappa shape index (κ1) is 12.4. The van der Waals surface area contributed by atoms with E-state index in [-0.39, 0.29) is 11.9 Å². The highest BCUT2D eigenvalue weighted by Crippen LogP contribution is 2.05. The van der Waals surface area contributed by atoms with Crippen molar-refractivity contribution in [2.45, 2.75) is 40.2 Å². The van der Waals surface area contributed by atoms with E-state index in [1.165, 1.54) is 0 Å². The largest absolute Gasteiger partial charge is 0.465 e. The molecule has 78 valence electrons. The molecular formula is C10H20O3. The molecule has 0 aliphatic carbocycles. The molecule has 0 radical (unpaired) electrons. The third-order valence-corrected chi connectivity index (χ3v) is 1.91. The molecule has 0 aliphatic heterocycles. The van der Waals surface area contributed by atoms with Crippen LogP contribution in [0.5, 0.6) is 0 Å². The van der Waals surface area contributed by atoms with E-state index in [2.05, 4.69) is 0 Å². The maximum Gasteiger partial charge on any atom is 0.306 e. The Kier molecular flexibility index (Phi) is 5.71. The van der Waals surface area contributed by atoms with Gasteiger partial charge in [0.1, 0.15) is 0 Å². The molecule has 3 nitrogen and oxygen atoms in total. The van der Waals surface area contributed by atoms with Crippen LogP contribution in [0.1, 0.15) is 34.1 Å². The number of esters is 1. The van der Waals surface area contributed by atoms with Crippen molar-refractivity contribution < 1.29 is 14.6 Å². The second-order valence-electron chi connectivity index (χ2n) is 4.00. The smallest absolute Gasteiger partial charge is 0.306 e. The number of hydrogen-bond donors (Lipinski definition) is 1. The average molecular weight is 188 g/mol. The van der Waals surface area contributed by atoms with Gasteiger partial charge in [-0.3, -0.25) is 4.79 Å². The van der Waals surface area contributed by atoms with Crippen molar-refractivity contribution in [2.75, 3.05) is 6.61 Å². The number of carbonyl (C=O) groups is 1. The second-order valence-corrected chi connectivity index (χ2v) is 4.00. The Morgan fingerprint density at radius 3 is 2.23 bits per heavy atom. The molecule has 2 unspecified atom stereocenters. The minimum Gasteiger partial charge on any atom is -0.465 e. The summed E-state index contributed by atoms with van der Waals surface area (Å²) in [5.74, 6) is 0.160. The first-order valence-electron chi connectivity index (χ1n) is 4.77. The van der Waals surface area contributed by atoms with Gasteiger partial charge in [0.15, 0.2) is 0 Å². The Bertz CT molecular complexity index is 152. The molecule has 0 rings (SSSR count). The third-order valence-electron chi connectivity index (χ3n) is 1.91. The summed E-state index contributed by atoms with van der Waals surface area (Å²) in [7, 11) is 0. The molecule has 1 N–H and O–H groups in total. The van der Waals surface area contributed by atoms with Crippen LogP contribution in [0.15, 0.2) is 0 Å². The lowest BCUT2D eigenvalue weighted by molar-refractivity contribution is -0.146. The molecule has 0 bridgehead atoms. The van der Waals surface area contributed by atoms with Crippen LogP contribution in [0.25, 0.3) is 0 Å². The van der Waals surface area contributed by atoms with Crippen LogP contribution in [0.4, 0.5) is 0 Å². The number of rotatable bonds is 5. The minimum absolute atomic E-state index is 0.0103. The van der Waals surface area contributed by atoms with Crippen LogP contribution in [-0.2, 0) is 9.53 Å². The van der Waals surface area contributed by atoms with Crippen molar-refractivity contribution in [3.63, 3.8) is 0 Å². The van der Waals surface area contributed by atoms with Crippen molar-refractivity contribution in [3.8, 4) is 0 Å². The number of aliphatic hydroxyl groups excluding tert-OH is 1. The number of hydrogen-bond acceptors (Lipinski definition) is 3. The summed E-state index contributed by atoms with van der Waals surface area (Å²) in [6.45, 7) is 7.80. The van der Waals surface area contributed by atoms with Crippen molar-refractivity contribution in [2.24, 2.45) is 11.8 Å². The molecule has 0 aromatic carbocycles. The number of ether oxygens (including phenoxy) is 1. The molecule has 0 heterocycles. The van der Waals surface area contributed by atoms with Crippen LogP contribution in [0, 0.1) is 11.8 Å². The SMILES string of the molecule is CC(C)CC(=O)OCC(C)C(C)O. The maximum atomic E-state index is 11.1. The Labute approximate surface area is 80.1 Å². The number of aliphatic hydroxyl groups is 1. The van der Waals surface area contributed by atoms with Crippen LogP contribution in [-0.4, -0.2) is 23.8 Å². The van der Waals surface area contributed by atoms with E-state index < -0.39 is 6.10 Å². The first-order valence-corrected chi connectivity index (χ1v) is 4.77. The van der Waals surface area contributed by atoms with E-state index in [1.807, 2.05) is 20.8 Å². The Hall–Kier alpha value is -0.570. The molecule has 0 saturated heterocycles. The zero-order chi connectivity index (χ0) is 10.4. The van der Waals surface area contributed by atoms with Crippen molar-refractivity contribution >= 4 is 5.97 Å². The van der Waals surface area contributed by atoms with Crippen molar-refractivity contribution in [1.82, 2.24) is 0 Å². The molecule has 0 aliphatic rings. The summed E-state index contributed by atoms with van der Waals surface area (Å²) in [5, 5.41) is 9.12. The summed E-state index contributed by atoms with van der Waals surface area (Å²) in [5.41, 5.74) is 0. The Morgan fingerprint density at radius 2 is 1.85 bits per heavy atom. The minimum atomic E-state index is -0.424. The van der Waals surface area contributed by atoms with Gasteiger partial charge in [-0.25, -0.2) is 0 Å². The van der Waals surface area contributed by atoms with E-state index in [0.717, 1.165) is 0 Å². The normalized spacial score (nSPS) is 15.5. The predicted octanol–water partition coefficient (Wildman–Crippen LogP) is 1.59. The van der Waals surface area contributed by atoms with Gasteiger partial charge in [0.2, 0.25) is 0 Å². The quantitative estimate of drug-likeness (QED) is 0.666. The molecular weight excluding hydrogens is 168 g/mol. The van der Waals surface area contributed by atoms with Gasteiger partial charge < -0.3 is 9.84 Å². The summed E-state index contributed by atoms with van der Waals surface area (Å²) in [6, 6.07) is 0. The Morgan fingerprint density at radius 1 is 1.31 bits per heavy atom. The zero-order valence-electron chi connectivity index (χ0n) is 8.91. The fourth-order valence-electron chi connectivity index (χ4n) is 0.756. The zero-order valence-corrected chi connectivity index (χ0v) is 8.91. The van der Waals surface area contributed by atoms with Gasteiger partial charge in [-0.1, -0.05) is 20.8 Å². The van der Waals surface area contributed by atoms with Crippen molar-refractivity contribution in [1.29, 1.82) is 0 Å². The van der Waals surface area contributed by atoms with E-state index >= 15 is 0 Å². The van der Waals surface area contributed by atoms with E-state index in [1.54, 1.807) is 6.92 Å². The molecule has 0 fully saturated rings. The van der Waals surface area contributed by atoms with Crippen LogP contribution < -0.4 is 0 Å². The summed E-state index contributed by atoms with van der Waals surface area (Å²) >= 11 is 0. The van der Waals surface area contributed by atoms with Crippen LogP contribution in [0.3, 0.4) is 0 Å². The van der Waals surface area contributed by atoms with Gasteiger partial charge in [0, 0.05) is 12.3 Å². The lowest BCUT2D eigenvalue weighted by Gasteiger charge is -2.14. The molecule has 0 aromatic rings. The lowest BCUT2D eigenvalue weighted by atomic mass is 10.1. The van der Waals surface area contributed by atoms with E-state index in [0.29, 0.717) is 18.9 Å². The second kappa shape index (κ2) is 5.97.